The van der Waals surface area contributed by atoms with Crippen LogP contribution >= 0.6 is 0 Å². The molecule has 2 amide bonds. The first-order valence-corrected chi connectivity index (χ1v) is 7.30. The Hall–Kier alpha value is -1.10. The molecule has 0 spiro atoms. The van der Waals surface area contributed by atoms with Crippen LogP contribution in [0.1, 0.15) is 32.6 Å². The fraction of sp³-hybridized carbons (Fsp3) is 0.857. The van der Waals surface area contributed by atoms with E-state index in [0.29, 0.717) is 6.04 Å². The topological polar surface area (TPSA) is 52.7 Å². The van der Waals surface area contributed by atoms with Crippen molar-refractivity contribution in [1.82, 2.24) is 15.1 Å². The highest BCUT2D eigenvalue weighted by atomic mass is 16.2. The van der Waals surface area contributed by atoms with Crippen molar-refractivity contribution < 1.29 is 9.59 Å². The zero-order chi connectivity index (χ0) is 13.8. The Bertz CT molecular complexity index is 330. The number of hydrogen-bond acceptors (Lipinski definition) is 3. The Kier molecular flexibility index (Phi) is 4.80. The second-order valence-corrected chi connectivity index (χ2v) is 5.87. The van der Waals surface area contributed by atoms with Crippen LogP contribution in [0, 0.1) is 5.92 Å². The summed E-state index contributed by atoms with van der Waals surface area (Å²) >= 11 is 0. The quantitative estimate of drug-likeness (QED) is 0.790. The molecule has 0 bridgehead atoms. The van der Waals surface area contributed by atoms with Crippen LogP contribution in [0.2, 0.25) is 0 Å². The molecule has 2 aliphatic rings. The zero-order valence-corrected chi connectivity index (χ0v) is 12.0. The first kappa shape index (κ1) is 14.3. The summed E-state index contributed by atoms with van der Waals surface area (Å²) in [5, 5.41) is 3.18. The number of amides is 2. The van der Waals surface area contributed by atoms with Crippen molar-refractivity contribution in [2.75, 3.05) is 33.2 Å². The highest BCUT2D eigenvalue weighted by Gasteiger charge is 2.28. The molecule has 0 aromatic heterocycles. The maximum Gasteiger partial charge on any atom is 0.223 e. The molecule has 0 aromatic carbocycles. The van der Waals surface area contributed by atoms with Crippen LogP contribution < -0.4 is 5.32 Å². The SMILES string of the molecule is CC(=O)N1CCC(C(=O)NC2CCN(C)CC2)CC1. The van der Waals surface area contributed by atoms with E-state index in [1.807, 2.05) is 4.90 Å². The van der Waals surface area contributed by atoms with Crippen LogP contribution in [-0.4, -0.2) is 60.9 Å². The Balaban J connectivity index is 1.74. The molecule has 2 aliphatic heterocycles. The molecule has 0 unspecified atom stereocenters. The maximum absolute atomic E-state index is 12.2. The van der Waals surface area contributed by atoms with Gasteiger partial charge in [-0.15, -0.1) is 0 Å². The van der Waals surface area contributed by atoms with Gasteiger partial charge in [-0.2, -0.15) is 0 Å². The van der Waals surface area contributed by atoms with Gasteiger partial charge in [0.1, 0.15) is 0 Å². The van der Waals surface area contributed by atoms with Crippen LogP contribution in [-0.2, 0) is 9.59 Å². The normalized spacial score (nSPS) is 23.4. The largest absolute Gasteiger partial charge is 0.353 e. The average Bonchev–Trinajstić information content (AvgIpc) is 2.41. The molecule has 0 radical (unpaired) electrons. The van der Waals surface area contributed by atoms with Crippen molar-refractivity contribution in [3.63, 3.8) is 0 Å². The van der Waals surface area contributed by atoms with E-state index in [9.17, 15) is 9.59 Å². The lowest BCUT2D eigenvalue weighted by atomic mass is 9.94. The van der Waals surface area contributed by atoms with Crippen molar-refractivity contribution in [1.29, 1.82) is 0 Å². The molecule has 108 valence electrons. The van der Waals surface area contributed by atoms with Crippen molar-refractivity contribution >= 4 is 11.8 Å². The van der Waals surface area contributed by atoms with Crippen LogP contribution in [0.15, 0.2) is 0 Å². The Morgan fingerprint density at radius 1 is 1.00 bits per heavy atom. The van der Waals surface area contributed by atoms with Crippen molar-refractivity contribution in [3.05, 3.63) is 0 Å². The molecule has 5 nitrogen and oxygen atoms in total. The third kappa shape index (κ3) is 3.93. The van der Waals surface area contributed by atoms with Crippen LogP contribution in [0.3, 0.4) is 0 Å². The molecule has 0 aromatic rings. The third-order valence-corrected chi connectivity index (χ3v) is 4.38. The molecule has 2 fully saturated rings. The van der Waals surface area contributed by atoms with Crippen molar-refractivity contribution in [3.8, 4) is 0 Å². The second-order valence-electron chi connectivity index (χ2n) is 5.87. The van der Waals surface area contributed by atoms with Gasteiger partial charge in [0, 0.05) is 32.0 Å². The minimum Gasteiger partial charge on any atom is -0.353 e. The Morgan fingerprint density at radius 3 is 2.11 bits per heavy atom. The molecular weight excluding hydrogens is 242 g/mol. The molecule has 0 aliphatic carbocycles. The molecule has 2 saturated heterocycles. The van der Waals surface area contributed by atoms with Gasteiger partial charge in [-0.05, 0) is 45.8 Å². The Morgan fingerprint density at radius 2 is 1.58 bits per heavy atom. The highest BCUT2D eigenvalue weighted by molar-refractivity contribution is 5.79. The number of likely N-dealkylation sites (tertiary alicyclic amines) is 2. The summed E-state index contributed by atoms with van der Waals surface area (Å²) in [5.41, 5.74) is 0. The number of carbonyl (C=O) groups is 2. The molecular formula is C14H25N3O2. The van der Waals surface area contributed by atoms with E-state index < -0.39 is 0 Å². The van der Waals surface area contributed by atoms with E-state index in [2.05, 4.69) is 17.3 Å². The van der Waals surface area contributed by atoms with E-state index in [-0.39, 0.29) is 17.7 Å². The average molecular weight is 267 g/mol. The van der Waals surface area contributed by atoms with Gasteiger partial charge in [-0.3, -0.25) is 9.59 Å². The van der Waals surface area contributed by atoms with E-state index in [4.69, 9.17) is 0 Å². The maximum atomic E-state index is 12.2. The predicted molar refractivity (Wildman–Crippen MR) is 73.6 cm³/mol. The molecule has 0 atom stereocenters. The first-order chi connectivity index (χ1) is 9.06. The molecule has 0 saturated carbocycles. The lowest BCUT2D eigenvalue weighted by molar-refractivity contribution is -0.134. The number of piperidine rings is 2. The standard InChI is InChI=1S/C14H25N3O2/c1-11(18)17-9-3-12(4-10-17)14(19)15-13-5-7-16(2)8-6-13/h12-13H,3-10H2,1-2H3,(H,15,19). The number of nitrogens with zero attached hydrogens (tertiary/aromatic N) is 2. The van der Waals surface area contributed by atoms with Gasteiger partial charge in [-0.25, -0.2) is 0 Å². The predicted octanol–water partition coefficient (Wildman–Crippen LogP) is 0.455. The summed E-state index contributed by atoms with van der Waals surface area (Å²) < 4.78 is 0. The van der Waals surface area contributed by atoms with E-state index in [0.717, 1.165) is 51.9 Å². The first-order valence-electron chi connectivity index (χ1n) is 7.30. The van der Waals surface area contributed by atoms with Crippen LogP contribution in [0.5, 0.6) is 0 Å². The van der Waals surface area contributed by atoms with Gasteiger partial charge in [0.2, 0.25) is 11.8 Å². The molecule has 5 heteroatoms. The van der Waals surface area contributed by atoms with E-state index >= 15 is 0 Å². The number of carbonyl (C=O) groups excluding carboxylic acids is 2. The summed E-state index contributed by atoms with van der Waals surface area (Å²) in [6.07, 6.45) is 3.71. The van der Waals surface area contributed by atoms with Gasteiger partial charge in [-0.1, -0.05) is 0 Å². The summed E-state index contributed by atoms with van der Waals surface area (Å²) in [6.45, 7) is 5.17. The van der Waals surface area contributed by atoms with E-state index in [1.54, 1.807) is 6.92 Å². The second kappa shape index (κ2) is 6.37. The van der Waals surface area contributed by atoms with E-state index in [1.165, 1.54) is 0 Å². The lowest BCUT2D eigenvalue weighted by Crippen LogP contribution is -2.47. The fourth-order valence-corrected chi connectivity index (χ4v) is 2.93. The third-order valence-electron chi connectivity index (χ3n) is 4.38. The monoisotopic (exact) mass is 267 g/mol. The van der Waals surface area contributed by atoms with Crippen molar-refractivity contribution in [2.24, 2.45) is 5.92 Å². The van der Waals surface area contributed by atoms with Crippen LogP contribution in [0.4, 0.5) is 0 Å². The Labute approximate surface area is 115 Å². The molecule has 2 rings (SSSR count). The number of nitrogens with one attached hydrogen (secondary N) is 1. The van der Waals surface area contributed by atoms with Gasteiger partial charge in [0.15, 0.2) is 0 Å². The summed E-state index contributed by atoms with van der Waals surface area (Å²) in [5.74, 6) is 0.405. The summed E-state index contributed by atoms with van der Waals surface area (Å²) in [4.78, 5) is 27.6. The fourth-order valence-electron chi connectivity index (χ4n) is 2.93. The highest BCUT2D eigenvalue weighted by Crippen LogP contribution is 2.18. The van der Waals surface area contributed by atoms with Crippen molar-refractivity contribution in [2.45, 2.75) is 38.6 Å². The summed E-state index contributed by atoms with van der Waals surface area (Å²) in [6, 6.07) is 0.342. The molecule has 1 N–H and O–H groups in total. The summed E-state index contributed by atoms with van der Waals surface area (Å²) in [7, 11) is 2.12. The van der Waals surface area contributed by atoms with Gasteiger partial charge in [0.05, 0.1) is 0 Å². The zero-order valence-electron chi connectivity index (χ0n) is 12.0. The number of rotatable bonds is 2. The molecule has 19 heavy (non-hydrogen) atoms. The van der Waals surface area contributed by atoms with Crippen LogP contribution in [0.25, 0.3) is 0 Å². The minimum absolute atomic E-state index is 0.0928. The van der Waals surface area contributed by atoms with Gasteiger partial charge >= 0.3 is 0 Å². The lowest BCUT2D eigenvalue weighted by Gasteiger charge is -2.33. The minimum atomic E-state index is 0.0928. The van der Waals surface area contributed by atoms with Gasteiger partial charge < -0.3 is 15.1 Å². The smallest absolute Gasteiger partial charge is 0.223 e. The number of hydrogen-bond donors (Lipinski definition) is 1. The van der Waals surface area contributed by atoms with Gasteiger partial charge in [0.25, 0.3) is 0 Å². The molecule has 2 heterocycles.